The van der Waals surface area contributed by atoms with Crippen molar-refractivity contribution in [3.05, 3.63) is 66.2 Å². The van der Waals surface area contributed by atoms with Crippen LogP contribution in [-0.4, -0.2) is 17.1 Å². The predicted molar refractivity (Wildman–Crippen MR) is 84.3 cm³/mol. The first-order valence-electron chi connectivity index (χ1n) is 6.74. The van der Waals surface area contributed by atoms with Crippen LogP contribution >= 0.6 is 11.8 Å². The van der Waals surface area contributed by atoms with E-state index in [2.05, 4.69) is 48.5 Å². The van der Waals surface area contributed by atoms with Crippen molar-refractivity contribution in [1.29, 1.82) is 0 Å². The molecule has 0 spiro atoms. The standard InChI is InChI=1S/C17H17NOS/c1-17(13-20-15-10-6-3-7-11-15)12-16(18-19-17)14-8-4-2-5-9-14/h2-11H,12-13H2,1H3/t17-/m1/s1. The van der Waals surface area contributed by atoms with Gasteiger partial charge in [-0.25, -0.2) is 0 Å². The van der Waals surface area contributed by atoms with E-state index in [4.69, 9.17) is 4.84 Å². The Bertz CT molecular complexity index is 597. The lowest BCUT2D eigenvalue weighted by Gasteiger charge is -2.20. The molecule has 1 aliphatic heterocycles. The van der Waals surface area contributed by atoms with Gasteiger partial charge in [-0.2, -0.15) is 0 Å². The first-order chi connectivity index (χ1) is 9.75. The smallest absolute Gasteiger partial charge is 0.149 e. The molecule has 1 aliphatic rings. The molecule has 0 radical (unpaired) electrons. The maximum atomic E-state index is 5.70. The van der Waals surface area contributed by atoms with Crippen molar-refractivity contribution in [1.82, 2.24) is 0 Å². The molecule has 2 aromatic rings. The van der Waals surface area contributed by atoms with E-state index in [9.17, 15) is 0 Å². The fourth-order valence-electron chi connectivity index (χ4n) is 2.20. The molecule has 3 heteroatoms. The van der Waals surface area contributed by atoms with E-state index in [-0.39, 0.29) is 5.60 Å². The zero-order valence-electron chi connectivity index (χ0n) is 11.5. The van der Waals surface area contributed by atoms with Gasteiger partial charge >= 0.3 is 0 Å². The highest BCUT2D eigenvalue weighted by Gasteiger charge is 2.34. The number of oxime groups is 1. The van der Waals surface area contributed by atoms with Crippen molar-refractivity contribution in [3.63, 3.8) is 0 Å². The summed E-state index contributed by atoms with van der Waals surface area (Å²) in [5.74, 6) is 0.900. The van der Waals surface area contributed by atoms with Gasteiger partial charge in [0.2, 0.25) is 0 Å². The number of hydrogen-bond donors (Lipinski definition) is 0. The fraction of sp³-hybridized carbons (Fsp3) is 0.235. The van der Waals surface area contributed by atoms with Gasteiger partial charge in [0.25, 0.3) is 0 Å². The maximum absolute atomic E-state index is 5.70. The summed E-state index contributed by atoms with van der Waals surface area (Å²) in [5.41, 5.74) is 1.98. The Morgan fingerprint density at radius 3 is 2.40 bits per heavy atom. The van der Waals surface area contributed by atoms with Crippen molar-refractivity contribution < 1.29 is 4.84 Å². The van der Waals surface area contributed by atoms with Crippen LogP contribution < -0.4 is 0 Å². The molecule has 20 heavy (non-hydrogen) atoms. The molecule has 0 aliphatic carbocycles. The van der Waals surface area contributed by atoms with E-state index in [1.165, 1.54) is 4.90 Å². The highest BCUT2D eigenvalue weighted by molar-refractivity contribution is 7.99. The van der Waals surface area contributed by atoms with Crippen molar-refractivity contribution >= 4 is 17.5 Å². The minimum atomic E-state index is -0.217. The van der Waals surface area contributed by atoms with E-state index in [0.717, 1.165) is 23.4 Å². The van der Waals surface area contributed by atoms with Gasteiger partial charge in [0, 0.05) is 17.1 Å². The predicted octanol–water partition coefficient (Wildman–Crippen LogP) is 4.36. The van der Waals surface area contributed by atoms with Crippen LogP contribution in [0.4, 0.5) is 0 Å². The van der Waals surface area contributed by atoms with Crippen LogP contribution in [-0.2, 0) is 4.84 Å². The summed E-state index contributed by atoms with van der Waals surface area (Å²) >= 11 is 1.82. The zero-order valence-corrected chi connectivity index (χ0v) is 12.3. The Labute approximate surface area is 123 Å². The molecule has 1 heterocycles. The monoisotopic (exact) mass is 283 g/mol. The second kappa shape index (κ2) is 5.71. The summed E-state index contributed by atoms with van der Waals surface area (Å²) in [6.45, 7) is 2.13. The number of nitrogens with zero attached hydrogens (tertiary/aromatic N) is 1. The third-order valence-corrected chi connectivity index (χ3v) is 4.67. The van der Waals surface area contributed by atoms with Crippen LogP contribution in [0.15, 0.2) is 70.7 Å². The molecular weight excluding hydrogens is 266 g/mol. The Hall–Kier alpha value is -1.74. The molecule has 0 aromatic heterocycles. The minimum absolute atomic E-state index is 0.217. The van der Waals surface area contributed by atoms with Gasteiger partial charge in [-0.3, -0.25) is 0 Å². The molecule has 0 fully saturated rings. The average Bonchev–Trinajstić information content (AvgIpc) is 2.90. The molecule has 2 aromatic carbocycles. The van der Waals surface area contributed by atoms with E-state index in [0.29, 0.717) is 0 Å². The second-order valence-electron chi connectivity index (χ2n) is 5.22. The van der Waals surface area contributed by atoms with E-state index in [1.807, 2.05) is 36.0 Å². The summed E-state index contributed by atoms with van der Waals surface area (Å²) in [6.07, 6.45) is 0.858. The third-order valence-electron chi connectivity index (χ3n) is 3.31. The average molecular weight is 283 g/mol. The zero-order chi connectivity index (χ0) is 13.8. The Morgan fingerprint density at radius 2 is 1.70 bits per heavy atom. The normalized spacial score (nSPS) is 21.4. The van der Waals surface area contributed by atoms with Gasteiger partial charge in [0.05, 0.1) is 5.71 Å². The molecule has 0 N–H and O–H groups in total. The summed E-state index contributed by atoms with van der Waals surface area (Å²) in [4.78, 5) is 6.97. The molecule has 0 bridgehead atoms. The van der Waals surface area contributed by atoms with Crippen LogP contribution in [0.3, 0.4) is 0 Å². The highest BCUT2D eigenvalue weighted by Crippen LogP contribution is 2.32. The molecule has 0 unspecified atom stereocenters. The fourth-order valence-corrected chi connectivity index (χ4v) is 3.18. The van der Waals surface area contributed by atoms with Crippen LogP contribution in [0.1, 0.15) is 18.9 Å². The van der Waals surface area contributed by atoms with E-state index < -0.39 is 0 Å². The van der Waals surface area contributed by atoms with Crippen molar-refractivity contribution in [2.24, 2.45) is 5.16 Å². The SMILES string of the molecule is C[C@]1(CSc2ccccc2)CC(c2ccccc2)=NO1. The van der Waals surface area contributed by atoms with Crippen LogP contribution in [0.2, 0.25) is 0 Å². The second-order valence-corrected chi connectivity index (χ2v) is 6.27. The minimum Gasteiger partial charge on any atom is -0.388 e. The lowest BCUT2D eigenvalue weighted by molar-refractivity contribution is 0.0163. The first-order valence-corrected chi connectivity index (χ1v) is 7.72. The molecule has 1 atom stereocenters. The number of rotatable bonds is 4. The molecule has 102 valence electrons. The Morgan fingerprint density at radius 1 is 1.05 bits per heavy atom. The lowest BCUT2D eigenvalue weighted by Crippen LogP contribution is -2.27. The molecule has 0 amide bonds. The Kier molecular flexibility index (Phi) is 3.79. The van der Waals surface area contributed by atoms with Crippen molar-refractivity contribution in [3.8, 4) is 0 Å². The largest absolute Gasteiger partial charge is 0.388 e. The summed E-state index contributed by atoms with van der Waals surface area (Å²) < 4.78 is 0. The van der Waals surface area contributed by atoms with E-state index >= 15 is 0 Å². The van der Waals surface area contributed by atoms with Gasteiger partial charge in [-0.15, -0.1) is 11.8 Å². The van der Waals surface area contributed by atoms with Crippen LogP contribution in [0.5, 0.6) is 0 Å². The number of benzene rings is 2. The topological polar surface area (TPSA) is 21.6 Å². The number of thioether (sulfide) groups is 1. The van der Waals surface area contributed by atoms with Gasteiger partial charge in [-0.05, 0) is 24.6 Å². The summed E-state index contributed by atoms with van der Waals surface area (Å²) in [7, 11) is 0. The molecular formula is C17H17NOS. The van der Waals surface area contributed by atoms with Gasteiger partial charge in [0.15, 0.2) is 0 Å². The van der Waals surface area contributed by atoms with Gasteiger partial charge in [-0.1, -0.05) is 53.7 Å². The molecule has 0 saturated heterocycles. The Balaban J connectivity index is 1.62. The van der Waals surface area contributed by atoms with Gasteiger partial charge in [0.1, 0.15) is 5.60 Å². The molecule has 3 rings (SSSR count). The molecule has 2 nitrogen and oxygen atoms in total. The summed E-state index contributed by atoms with van der Waals surface area (Å²) in [5, 5.41) is 4.27. The highest BCUT2D eigenvalue weighted by atomic mass is 32.2. The van der Waals surface area contributed by atoms with Crippen molar-refractivity contribution in [2.45, 2.75) is 23.8 Å². The van der Waals surface area contributed by atoms with Crippen molar-refractivity contribution in [2.75, 3.05) is 5.75 Å². The first kappa shape index (κ1) is 13.3. The molecule has 0 saturated carbocycles. The van der Waals surface area contributed by atoms with Crippen LogP contribution in [0, 0.1) is 0 Å². The lowest BCUT2D eigenvalue weighted by atomic mass is 9.98. The van der Waals surface area contributed by atoms with Crippen LogP contribution in [0.25, 0.3) is 0 Å². The van der Waals surface area contributed by atoms with Gasteiger partial charge < -0.3 is 4.84 Å². The quantitative estimate of drug-likeness (QED) is 0.777. The number of hydrogen-bond acceptors (Lipinski definition) is 3. The van der Waals surface area contributed by atoms with E-state index in [1.54, 1.807) is 0 Å². The third kappa shape index (κ3) is 3.05. The maximum Gasteiger partial charge on any atom is 0.149 e. The summed E-state index contributed by atoms with van der Waals surface area (Å²) in [6, 6.07) is 20.7.